The van der Waals surface area contributed by atoms with E-state index in [4.69, 9.17) is 10.5 Å². The Bertz CT molecular complexity index is 1270. The average molecular weight is 415 g/mol. The monoisotopic (exact) mass is 415 g/mol. The zero-order valence-electron chi connectivity index (χ0n) is 16.3. The summed E-state index contributed by atoms with van der Waals surface area (Å²) in [6, 6.07) is 19.7. The Hall–Kier alpha value is -4.26. The summed E-state index contributed by atoms with van der Waals surface area (Å²) in [5, 5.41) is 4.58. The molecule has 0 fully saturated rings. The number of rotatable bonds is 6. The van der Waals surface area contributed by atoms with Gasteiger partial charge in [-0.3, -0.25) is 14.6 Å². The minimum absolute atomic E-state index is 0.182. The average Bonchev–Trinajstić information content (AvgIpc) is 2.78. The third kappa shape index (κ3) is 4.67. The molecule has 0 aliphatic heterocycles. The molecule has 0 unspecified atom stereocenters. The molecule has 3 N–H and O–H groups in total. The molecule has 0 spiro atoms. The van der Waals surface area contributed by atoms with E-state index in [0.717, 1.165) is 16.3 Å². The maximum absolute atomic E-state index is 13.1. The van der Waals surface area contributed by atoms with Crippen molar-refractivity contribution >= 4 is 28.3 Å². The van der Waals surface area contributed by atoms with Gasteiger partial charge in [-0.1, -0.05) is 12.1 Å². The normalized spacial score (nSPS) is 10.6. The quantitative estimate of drug-likeness (QED) is 0.491. The fourth-order valence-electron chi connectivity index (χ4n) is 3.12. The number of hydrogen-bond acceptors (Lipinski definition) is 4. The van der Waals surface area contributed by atoms with Crippen LogP contribution >= 0.6 is 0 Å². The number of anilines is 1. The van der Waals surface area contributed by atoms with Crippen LogP contribution in [0.4, 0.5) is 10.1 Å². The second kappa shape index (κ2) is 8.62. The summed E-state index contributed by atoms with van der Waals surface area (Å²) in [6.45, 7) is 0.245. The van der Waals surface area contributed by atoms with Gasteiger partial charge in [0, 0.05) is 22.8 Å². The number of carbonyl (C=O) groups excluding carboxylic acids is 2. The number of nitrogens with one attached hydrogen (secondary N) is 1. The highest BCUT2D eigenvalue weighted by atomic mass is 19.1. The number of fused-ring (bicyclic) bond motifs is 1. The fourth-order valence-corrected chi connectivity index (χ4v) is 3.12. The Labute approximate surface area is 177 Å². The lowest BCUT2D eigenvalue weighted by molar-refractivity contribution is 0.0993. The van der Waals surface area contributed by atoms with Gasteiger partial charge in [-0.2, -0.15) is 0 Å². The molecule has 31 heavy (non-hydrogen) atoms. The first-order valence-electron chi connectivity index (χ1n) is 9.47. The molecule has 154 valence electrons. The molecule has 0 saturated heterocycles. The molecule has 2 amide bonds. The number of primary amides is 1. The smallest absolute Gasteiger partial charge is 0.267 e. The molecule has 1 heterocycles. The van der Waals surface area contributed by atoms with E-state index in [9.17, 15) is 14.0 Å². The Morgan fingerprint density at radius 3 is 2.58 bits per heavy atom. The van der Waals surface area contributed by atoms with Crippen molar-refractivity contribution in [3.05, 3.63) is 102 Å². The van der Waals surface area contributed by atoms with E-state index in [1.54, 1.807) is 24.3 Å². The van der Waals surface area contributed by atoms with Crippen molar-refractivity contribution in [2.45, 2.75) is 6.61 Å². The minimum Gasteiger partial charge on any atom is -0.489 e. The first kappa shape index (κ1) is 20.0. The molecule has 3 aromatic carbocycles. The zero-order valence-corrected chi connectivity index (χ0v) is 16.3. The number of ether oxygens (including phenoxy) is 1. The van der Waals surface area contributed by atoms with Crippen LogP contribution in [0.1, 0.15) is 26.4 Å². The standard InChI is InChI=1S/C24H18FN3O3/c25-18-6-4-16(5-7-18)24(30)28-21-3-1-2-17-13-19(8-9-20(17)21)31-14-15-10-11-27-22(12-15)23(26)29/h1-13H,14H2,(H2,26,29)(H,28,30). The Morgan fingerprint density at radius 2 is 1.81 bits per heavy atom. The third-order valence-electron chi connectivity index (χ3n) is 4.69. The van der Waals surface area contributed by atoms with Gasteiger partial charge in [-0.25, -0.2) is 4.39 Å². The van der Waals surface area contributed by atoms with Crippen LogP contribution in [-0.2, 0) is 6.61 Å². The zero-order chi connectivity index (χ0) is 21.8. The van der Waals surface area contributed by atoms with Crippen LogP contribution in [0, 0.1) is 5.82 Å². The summed E-state index contributed by atoms with van der Waals surface area (Å²) < 4.78 is 18.9. The maximum Gasteiger partial charge on any atom is 0.267 e. The van der Waals surface area contributed by atoms with E-state index < -0.39 is 11.7 Å². The second-order valence-electron chi connectivity index (χ2n) is 6.85. The fraction of sp³-hybridized carbons (Fsp3) is 0.0417. The summed E-state index contributed by atoms with van der Waals surface area (Å²) >= 11 is 0. The number of nitrogens with two attached hydrogens (primary N) is 1. The molecule has 7 heteroatoms. The molecular formula is C24H18FN3O3. The van der Waals surface area contributed by atoms with E-state index in [1.807, 2.05) is 24.3 Å². The summed E-state index contributed by atoms with van der Waals surface area (Å²) in [5.41, 5.74) is 7.21. The van der Waals surface area contributed by atoms with E-state index in [1.165, 1.54) is 30.5 Å². The predicted molar refractivity (Wildman–Crippen MR) is 115 cm³/mol. The SMILES string of the molecule is NC(=O)c1cc(COc2ccc3c(NC(=O)c4ccc(F)cc4)cccc3c2)ccn1. The van der Waals surface area contributed by atoms with Gasteiger partial charge in [0.25, 0.3) is 11.8 Å². The van der Waals surface area contributed by atoms with Crippen LogP contribution in [0.3, 0.4) is 0 Å². The van der Waals surface area contributed by atoms with Crippen molar-refractivity contribution in [3.63, 3.8) is 0 Å². The Kier molecular flexibility index (Phi) is 5.57. The van der Waals surface area contributed by atoms with Crippen LogP contribution in [-0.4, -0.2) is 16.8 Å². The van der Waals surface area contributed by atoms with E-state index >= 15 is 0 Å². The van der Waals surface area contributed by atoms with Crippen molar-refractivity contribution < 1.29 is 18.7 Å². The number of hydrogen-bond donors (Lipinski definition) is 2. The summed E-state index contributed by atoms with van der Waals surface area (Å²) in [7, 11) is 0. The van der Waals surface area contributed by atoms with Crippen molar-refractivity contribution in [3.8, 4) is 5.75 Å². The van der Waals surface area contributed by atoms with Gasteiger partial charge in [0.1, 0.15) is 23.9 Å². The largest absolute Gasteiger partial charge is 0.489 e. The van der Waals surface area contributed by atoms with Gasteiger partial charge in [-0.05, 0) is 71.6 Å². The van der Waals surface area contributed by atoms with Gasteiger partial charge in [-0.15, -0.1) is 0 Å². The van der Waals surface area contributed by atoms with Crippen molar-refractivity contribution in [2.75, 3.05) is 5.32 Å². The van der Waals surface area contributed by atoms with E-state index in [-0.39, 0.29) is 18.2 Å². The van der Waals surface area contributed by atoms with Gasteiger partial charge >= 0.3 is 0 Å². The van der Waals surface area contributed by atoms with E-state index in [0.29, 0.717) is 17.0 Å². The van der Waals surface area contributed by atoms with E-state index in [2.05, 4.69) is 10.3 Å². The molecule has 0 atom stereocenters. The number of carbonyl (C=O) groups is 2. The van der Waals surface area contributed by atoms with Gasteiger partial charge in [0.2, 0.25) is 0 Å². The first-order chi connectivity index (χ1) is 15.0. The van der Waals surface area contributed by atoms with Crippen LogP contribution in [0.2, 0.25) is 0 Å². The molecular weight excluding hydrogens is 397 g/mol. The Morgan fingerprint density at radius 1 is 1.00 bits per heavy atom. The lowest BCUT2D eigenvalue weighted by atomic mass is 10.1. The number of halogens is 1. The summed E-state index contributed by atoms with van der Waals surface area (Å²) in [5.74, 6) is -0.683. The second-order valence-corrected chi connectivity index (χ2v) is 6.85. The lowest BCUT2D eigenvalue weighted by Crippen LogP contribution is -2.13. The molecule has 4 aromatic rings. The Balaban J connectivity index is 1.51. The lowest BCUT2D eigenvalue weighted by Gasteiger charge is -2.11. The highest BCUT2D eigenvalue weighted by Crippen LogP contribution is 2.28. The van der Waals surface area contributed by atoms with Gasteiger partial charge in [0.15, 0.2) is 0 Å². The number of aromatic nitrogens is 1. The number of pyridine rings is 1. The number of amides is 2. The molecule has 0 radical (unpaired) electrons. The molecule has 0 saturated carbocycles. The summed E-state index contributed by atoms with van der Waals surface area (Å²) in [4.78, 5) is 27.6. The third-order valence-corrected chi connectivity index (χ3v) is 4.69. The van der Waals surface area contributed by atoms with Crippen molar-refractivity contribution in [1.82, 2.24) is 4.98 Å². The number of nitrogens with zero attached hydrogens (tertiary/aromatic N) is 1. The van der Waals surface area contributed by atoms with Crippen LogP contribution in [0.15, 0.2) is 79.0 Å². The highest BCUT2D eigenvalue weighted by Gasteiger charge is 2.10. The molecule has 4 rings (SSSR count). The maximum atomic E-state index is 13.1. The topological polar surface area (TPSA) is 94.3 Å². The molecule has 6 nitrogen and oxygen atoms in total. The molecule has 0 aliphatic rings. The molecule has 0 aliphatic carbocycles. The minimum atomic E-state index is -0.595. The first-order valence-corrected chi connectivity index (χ1v) is 9.47. The highest BCUT2D eigenvalue weighted by molar-refractivity contribution is 6.09. The molecule has 0 bridgehead atoms. The number of benzene rings is 3. The van der Waals surface area contributed by atoms with Crippen LogP contribution in [0.25, 0.3) is 10.8 Å². The van der Waals surface area contributed by atoms with Crippen LogP contribution < -0.4 is 15.8 Å². The molecule has 1 aromatic heterocycles. The van der Waals surface area contributed by atoms with Crippen LogP contribution in [0.5, 0.6) is 5.75 Å². The van der Waals surface area contributed by atoms with Gasteiger partial charge < -0.3 is 15.8 Å². The van der Waals surface area contributed by atoms with Gasteiger partial charge in [0.05, 0.1) is 0 Å². The van der Waals surface area contributed by atoms with Crippen molar-refractivity contribution in [1.29, 1.82) is 0 Å². The van der Waals surface area contributed by atoms with Crippen molar-refractivity contribution in [2.24, 2.45) is 5.73 Å². The predicted octanol–water partition coefficient (Wildman–Crippen LogP) is 4.30. The summed E-state index contributed by atoms with van der Waals surface area (Å²) in [6.07, 6.45) is 1.51.